The number of ketones is 1. The van der Waals surface area contributed by atoms with Gasteiger partial charge in [-0.15, -0.1) is 0 Å². The van der Waals surface area contributed by atoms with Crippen LogP contribution in [0.4, 0.5) is 0 Å². The van der Waals surface area contributed by atoms with E-state index in [4.69, 9.17) is 0 Å². The minimum atomic E-state index is 0.278. The number of hydrogen-bond acceptors (Lipinski definition) is 2. The van der Waals surface area contributed by atoms with Gasteiger partial charge in [0.1, 0.15) is 0 Å². The molecular weight excluding hydrogens is 238 g/mol. The first-order valence-electron chi connectivity index (χ1n) is 7.15. The lowest BCUT2D eigenvalue weighted by Gasteiger charge is -2.15. The van der Waals surface area contributed by atoms with E-state index in [1.54, 1.807) is 0 Å². The summed E-state index contributed by atoms with van der Waals surface area (Å²) in [4.78, 5) is 25.3. The highest BCUT2D eigenvalue weighted by Gasteiger charge is 2.30. The molecule has 1 amide bonds. The maximum Gasteiger partial charge on any atom is 0.222 e. The summed E-state index contributed by atoms with van der Waals surface area (Å²) in [7, 11) is 0. The molecule has 2 fully saturated rings. The van der Waals surface area contributed by atoms with E-state index in [0.717, 1.165) is 44.3 Å². The molecule has 3 heteroatoms. The van der Waals surface area contributed by atoms with E-state index in [1.807, 2.05) is 29.2 Å². The second-order valence-corrected chi connectivity index (χ2v) is 5.57. The van der Waals surface area contributed by atoms with Gasteiger partial charge in [-0.05, 0) is 31.2 Å². The average Bonchev–Trinajstić information content (AvgIpc) is 3.20. The number of benzene rings is 1. The van der Waals surface area contributed by atoms with Gasteiger partial charge in [-0.1, -0.05) is 24.3 Å². The van der Waals surface area contributed by atoms with Gasteiger partial charge in [0.25, 0.3) is 0 Å². The first kappa shape index (κ1) is 12.4. The normalized spacial score (nSPS) is 18.9. The summed E-state index contributed by atoms with van der Waals surface area (Å²) in [5, 5.41) is 0. The number of carbonyl (C=O) groups excluding carboxylic acids is 2. The molecule has 100 valence electrons. The largest absolute Gasteiger partial charge is 0.342 e. The molecule has 3 rings (SSSR count). The summed E-state index contributed by atoms with van der Waals surface area (Å²) in [6.45, 7) is 1.70. The van der Waals surface area contributed by atoms with Crippen molar-refractivity contribution in [1.82, 2.24) is 4.90 Å². The van der Waals surface area contributed by atoms with E-state index >= 15 is 0 Å². The van der Waals surface area contributed by atoms with Crippen molar-refractivity contribution in [3.05, 3.63) is 35.4 Å². The van der Waals surface area contributed by atoms with Crippen LogP contribution in [0.5, 0.6) is 0 Å². The Morgan fingerprint density at radius 1 is 1.21 bits per heavy atom. The Hall–Kier alpha value is -1.64. The minimum absolute atomic E-state index is 0.278. The Morgan fingerprint density at radius 3 is 2.53 bits per heavy atom. The Labute approximate surface area is 113 Å². The van der Waals surface area contributed by atoms with Crippen molar-refractivity contribution in [2.75, 3.05) is 13.1 Å². The summed E-state index contributed by atoms with van der Waals surface area (Å²) in [6.07, 6.45) is 4.68. The maximum atomic E-state index is 11.9. The standard InChI is InChI=1S/C16H19NO2/c18-15-2-1-10-17(15)11-9-12-3-5-13(6-4-12)16(19)14-7-8-14/h3-6,14H,1-2,7-11H2. The number of rotatable bonds is 5. The molecule has 19 heavy (non-hydrogen) atoms. The van der Waals surface area contributed by atoms with Crippen molar-refractivity contribution in [3.8, 4) is 0 Å². The van der Waals surface area contributed by atoms with Crippen molar-refractivity contribution >= 4 is 11.7 Å². The first-order chi connectivity index (χ1) is 9.24. The third kappa shape index (κ3) is 2.86. The van der Waals surface area contributed by atoms with Crippen molar-refractivity contribution in [2.45, 2.75) is 32.1 Å². The topological polar surface area (TPSA) is 37.4 Å². The predicted octanol–water partition coefficient (Wildman–Crippen LogP) is 2.44. The molecule has 0 radical (unpaired) electrons. The van der Waals surface area contributed by atoms with Crippen LogP contribution >= 0.6 is 0 Å². The lowest BCUT2D eigenvalue weighted by atomic mass is 10.0. The molecular formula is C16H19NO2. The van der Waals surface area contributed by atoms with E-state index in [0.29, 0.717) is 12.2 Å². The Bertz CT molecular complexity index is 488. The van der Waals surface area contributed by atoms with Crippen molar-refractivity contribution in [3.63, 3.8) is 0 Å². The summed E-state index contributed by atoms with van der Waals surface area (Å²) in [5.74, 6) is 0.856. The number of nitrogens with zero attached hydrogens (tertiary/aromatic N) is 1. The van der Waals surface area contributed by atoms with Gasteiger partial charge in [-0.3, -0.25) is 9.59 Å². The quantitative estimate of drug-likeness (QED) is 0.760. The lowest BCUT2D eigenvalue weighted by Crippen LogP contribution is -2.26. The molecule has 0 atom stereocenters. The fraction of sp³-hybridized carbons (Fsp3) is 0.500. The van der Waals surface area contributed by atoms with Gasteiger partial charge >= 0.3 is 0 Å². The van der Waals surface area contributed by atoms with Gasteiger partial charge in [-0.2, -0.15) is 0 Å². The SMILES string of the molecule is O=C(c1ccc(CCN2CCCC2=O)cc1)C1CC1. The molecule has 0 spiro atoms. The highest BCUT2D eigenvalue weighted by Crippen LogP contribution is 2.32. The Balaban J connectivity index is 1.56. The van der Waals surface area contributed by atoms with Crippen LogP contribution in [-0.4, -0.2) is 29.7 Å². The van der Waals surface area contributed by atoms with Crippen LogP contribution in [0, 0.1) is 5.92 Å². The highest BCUT2D eigenvalue weighted by molar-refractivity contribution is 5.99. The summed E-state index contributed by atoms with van der Waals surface area (Å²) >= 11 is 0. The second-order valence-electron chi connectivity index (χ2n) is 5.57. The Kier molecular flexibility index (Phi) is 3.36. The fourth-order valence-electron chi connectivity index (χ4n) is 2.62. The van der Waals surface area contributed by atoms with E-state index in [-0.39, 0.29) is 11.8 Å². The molecule has 1 saturated carbocycles. The number of hydrogen-bond donors (Lipinski definition) is 0. The van der Waals surface area contributed by atoms with Crippen molar-refractivity contribution in [2.24, 2.45) is 5.92 Å². The van der Waals surface area contributed by atoms with Crippen LogP contribution in [0.15, 0.2) is 24.3 Å². The highest BCUT2D eigenvalue weighted by atomic mass is 16.2. The van der Waals surface area contributed by atoms with Gasteiger partial charge in [-0.25, -0.2) is 0 Å². The molecule has 1 aromatic carbocycles. The molecule has 1 aromatic rings. The minimum Gasteiger partial charge on any atom is -0.342 e. The molecule has 0 unspecified atom stereocenters. The molecule has 3 nitrogen and oxygen atoms in total. The van der Waals surface area contributed by atoms with Crippen LogP contribution in [0.25, 0.3) is 0 Å². The molecule has 1 aliphatic carbocycles. The molecule has 1 heterocycles. The van der Waals surface area contributed by atoms with Crippen molar-refractivity contribution < 1.29 is 9.59 Å². The van der Waals surface area contributed by atoms with Gasteiger partial charge in [0, 0.05) is 31.0 Å². The van der Waals surface area contributed by atoms with Crippen molar-refractivity contribution in [1.29, 1.82) is 0 Å². The zero-order valence-corrected chi connectivity index (χ0v) is 11.1. The van der Waals surface area contributed by atoms with E-state index in [1.165, 1.54) is 5.56 Å². The zero-order valence-electron chi connectivity index (χ0n) is 11.1. The average molecular weight is 257 g/mol. The van der Waals surface area contributed by atoms with Gasteiger partial charge < -0.3 is 4.90 Å². The van der Waals surface area contributed by atoms with Gasteiger partial charge in [0.05, 0.1) is 0 Å². The molecule has 0 N–H and O–H groups in total. The van der Waals surface area contributed by atoms with Crippen LogP contribution in [0.1, 0.15) is 41.6 Å². The second kappa shape index (κ2) is 5.16. The number of carbonyl (C=O) groups is 2. The molecule has 2 aliphatic rings. The van der Waals surface area contributed by atoms with Crippen LogP contribution in [0.3, 0.4) is 0 Å². The van der Waals surface area contributed by atoms with E-state index in [2.05, 4.69) is 0 Å². The van der Waals surface area contributed by atoms with Crippen LogP contribution in [-0.2, 0) is 11.2 Å². The smallest absolute Gasteiger partial charge is 0.222 e. The molecule has 0 bridgehead atoms. The lowest BCUT2D eigenvalue weighted by molar-refractivity contribution is -0.127. The third-order valence-electron chi connectivity index (χ3n) is 4.03. The Morgan fingerprint density at radius 2 is 1.95 bits per heavy atom. The molecule has 1 aliphatic heterocycles. The summed E-state index contributed by atoms with van der Waals surface area (Å²) in [6, 6.07) is 7.91. The summed E-state index contributed by atoms with van der Waals surface area (Å²) in [5.41, 5.74) is 2.04. The first-order valence-corrected chi connectivity index (χ1v) is 7.15. The number of Topliss-reactive ketones (excluding diaryl/α,β-unsaturated/α-hetero) is 1. The predicted molar refractivity (Wildman–Crippen MR) is 73.0 cm³/mol. The third-order valence-corrected chi connectivity index (χ3v) is 4.03. The number of amides is 1. The van der Waals surface area contributed by atoms with E-state index < -0.39 is 0 Å². The van der Waals surface area contributed by atoms with E-state index in [9.17, 15) is 9.59 Å². The van der Waals surface area contributed by atoms with Gasteiger partial charge in [0.2, 0.25) is 5.91 Å². The van der Waals surface area contributed by atoms with Gasteiger partial charge in [0.15, 0.2) is 5.78 Å². The molecule has 0 aromatic heterocycles. The summed E-state index contributed by atoms with van der Waals surface area (Å²) < 4.78 is 0. The van der Waals surface area contributed by atoms with Crippen LogP contribution < -0.4 is 0 Å². The maximum absolute atomic E-state index is 11.9. The van der Waals surface area contributed by atoms with Crippen LogP contribution in [0.2, 0.25) is 0 Å². The monoisotopic (exact) mass is 257 g/mol. The zero-order chi connectivity index (χ0) is 13.2. The number of likely N-dealkylation sites (tertiary alicyclic amines) is 1. The molecule has 1 saturated heterocycles. The fourth-order valence-corrected chi connectivity index (χ4v) is 2.62.